The number of aliphatic hydroxyl groups is 1. The van der Waals surface area contributed by atoms with Crippen molar-refractivity contribution in [1.82, 2.24) is 4.98 Å². The molecule has 3 nitrogen and oxygen atoms in total. The van der Waals surface area contributed by atoms with Gasteiger partial charge in [-0.05, 0) is 24.6 Å². The molecule has 1 unspecified atom stereocenters. The molecule has 1 aromatic carbocycles. The van der Waals surface area contributed by atoms with Crippen molar-refractivity contribution in [2.75, 3.05) is 0 Å². The highest BCUT2D eigenvalue weighted by molar-refractivity contribution is 5.84. The predicted molar refractivity (Wildman–Crippen MR) is 55.3 cm³/mol. The zero-order valence-electron chi connectivity index (χ0n) is 7.99. The number of fused-ring (bicyclic) bond motifs is 1. The Morgan fingerprint density at radius 2 is 2.21 bits per heavy atom. The van der Waals surface area contributed by atoms with Gasteiger partial charge in [0.05, 0.1) is 6.10 Å². The topological polar surface area (TPSA) is 56.2 Å². The van der Waals surface area contributed by atoms with E-state index in [9.17, 15) is 10.2 Å². The quantitative estimate of drug-likeness (QED) is 0.678. The van der Waals surface area contributed by atoms with Crippen molar-refractivity contribution >= 4 is 10.9 Å². The number of benzene rings is 1. The molecule has 1 atom stereocenters. The van der Waals surface area contributed by atoms with E-state index in [1.807, 2.05) is 12.3 Å². The Hall–Kier alpha value is -1.48. The second-order valence-electron chi connectivity index (χ2n) is 3.60. The van der Waals surface area contributed by atoms with Crippen LogP contribution in [0.5, 0.6) is 5.75 Å². The molecular formula is C11H13NO2. The first-order valence-electron chi connectivity index (χ1n) is 4.64. The van der Waals surface area contributed by atoms with Crippen LogP contribution in [0.1, 0.15) is 12.5 Å². The smallest absolute Gasteiger partial charge is 0.117 e. The third-order valence-electron chi connectivity index (χ3n) is 2.27. The molecule has 0 saturated heterocycles. The summed E-state index contributed by atoms with van der Waals surface area (Å²) in [5, 5.41) is 19.6. The van der Waals surface area contributed by atoms with Crippen LogP contribution in [0.15, 0.2) is 24.4 Å². The standard InChI is InChI=1S/C11H13NO2/c1-7(13)4-8-6-12-11-5-9(14)2-3-10(8)11/h2-3,5-7,12-14H,4H2,1H3. The molecule has 3 N–H and O–H groups in total. The third-order valence-corrected chi connectivity index (χ3v) is 2.27. The molecule has 0 aliphatic heterocycles. The highest BCUT2D eigenvalue weighted by Gasteiger charge is 2.06. The lowest BCUT2D eigenvalue weighted by Crippen LogP contribution is -2.03. The average Bonchev–Trinajstić information content (AvgIpc) is 2.47. The molecule has 74 valence electrons. The molecule has 1 aromatic heterocycles. The van der Waals surface area contributed by atoms with Gasteiger partial charge in [-0.3, -0.25) is 0 Å². The number of aromatic nitrogens is 1. The molecule has 0 radical (unpaired) electrons. The Labute approximate surface area is 82.0 Å². The first-order chi connectivity index (χ1) is 6.66. The van der Waals surface area contributed by atoms with Gasteiger partial charge in [0.15, 0.2) is 0 Å². The monoisotopic (exact) mass is 191 g/mol. The zero-order valence-corrected chi connectivity index (χ0v) is 7.99. The molecule has 14 heavy (non-hydrogen) atoms. The van der Waals surface area contributed by atoms with Crippen molar-refractivity contribution in [3.63, 3.8) is 0 Å². The molecular weight excluding hydrogens is 178 g/mol. The maximum absolute atomic E-state index is 9.27. The fraction of sp³-hybridized carbons (Fsp3) is 0.273. The van der Waals surface area contributed by atoms with Crippen molar-refractivity contribution in [2.24, 2.45) is 0 Å². The summed E-state index contributed by atoms with van der Waals surface area (Å²) >= 11 is 0. The van der Waals surface area contributed by atoms with Crippen LogP contribution in [0.25, 0.3) is 10.9 Å². The number of aromatic hydroxyl groups is 1. The van der Waals surface area contributed by atoms with E-state index in [2.05, 4.69) is 4.98 Å². The molecule has 0 amide bonds. The van der Waals surface area contributed by atoms with E-state index in [0.29, 0.717) is 6.42 Å². The highest BCUT2D eigenvalue weighted by Crippen LogP contribution is 2.23. The summed E-state index contributed by atoms with van der Waals surface area (Å²) in [6.07, 6.45) is 2.16. The van der Waals surface area contributed by atoms with Gasteiger partial charge < -0.3 is 15.2 Å². The Morgan fingerprint density at radius 1 is 1.43 bits per heavy atom. The number of hydrogen-bond donors (Lipinski definition) is 3. The van der Waals surface area contributed by atoms with Crippen LogP contribution in [0.4, 0.5) is 0 Å². The summed E-state index contributed by atoms with van der Waals surface area (Å²) in [6.45, 7) is 1.76. The highest BCUT2D eigenvalue weighted by atomic mass is 16.3. The van der Waals surface area contributed by atoms with Crippen molar-refractivity contribution in [2.45, 2.75) is 19.4 Å². The lowest BCUT2D eigenvalue weighted by Gasteiger charge is -2.01. The van der Waals surface area contributed by atoms with Gasteiger partial charge >= 0.3 is 0 Å². The van der Waals surface area contributed by atoms with E-state index in [4.69, 9.17) is 0 Å². The van der Waals surface area contributed by atoms with Crippen LogP contribution in [-0.4, -0.2) is 21.3 Å². The maximum atomic E-state index is 9.27. The SMILES string of the molecule is CC(O)Cc1c[nH]c2cc(O)ccc12. The normalized spacial score (nSPS) is 13.3. The number of phenolic OH excluding ortho intramolecular Hbond substituents is 1. The summed E-state index contributed by atoms with van der Waals surface area (Å²) in [5.41, 5.74) is 1.98. The van der Waals surface area contributed by atoms with Crippen molar-refractivity contribution in [3.05, 3.63) is 30.0 Å². The maximum Gasteiger partial charge on any atom is 0.117 e. The van der Waals surface area contributed by atoms with Gasteiger partial charge in [0.1, 0.15) is 5.75 Å². The molecule has 0 bridgehead atoms. The second-order valence-corrected chi connectivity index (χ2v) is 3.60. The number of nitrogens with one attached hydrogen (secondary N) is 1. The molecule has 2 aromatic rings. The number of rotatable bonds is 2. The van der Waals surface area contributed by atoms with E-state index in [-0.39, 0.29) is 11.9 Å². The Bertz CT molecular complexity index is 445. The van der Waals surface area contributed by atoms with E-state index < -0.39 is 0 Å². The summed E-state index contributed by atoms with van der Waals surface area (Å²) in [5.74, 6) is 0.253. The first kappa shape index (κ1) is 9.09. The van der Waals surface area contributed by atoms with Gasteiger partial charge in [-0.2, -0.15) is 0 Å². The summed E-state index contributed by atoms with van der Waals surface area (Å²) < 4.78 is 0. The van der Waals surface area contributed by atoms with Crippen LogP contribution in [0.2, 0.25) is 0 Å². The lowest BCUT2D eigenvalue weighted by atomic mass is 10.1. The third kappa shape index (κ3) is 1.59. The average molecular weight is 191 g/mol. The van der Waals surface area contributed by atoms with Crippen LogP contribution in [-0.2, 0) is 6.42 Å². The summed E-state index contributed by atoms with van der Waals surface area (Å²) in [4.78, 5) is 3.06. The fourth-order valence-electron chi connectivity index (χ4n) is 1.66. The largest absolute Gasteiger partial charge is 0.508 e. The number of aromatic amines is 1. The van der Waals surface area contributed by atoms with Crippen molar-refractivity contribution < 1.29 is 10.2 Å². The van der Waals surface area contributed by atoms with Crippen LogP contribution >= 0.6 is 0 Å². The van der Waals surface area contributed by atoms with E-state index in [0.717, 1.165) is 16.5 Å². The van der Waals surface area contributed by atoms with Crippen molar-refractivity contribution in [3.8, 4) is 5.75 Å². The number of hydrogen-bond acceptors (Lipinski definition) is 2. The second kappa shape index (κ2) is 3.35. The molecule has 0 fully saturated rings. The van der Waals surface area contributed by atoms with Gasteiger partial charge in [0, 0.05) is 29.6 Å². The predicted octanol–water partition coefficient (Wildman–Crippen LogP) is 1.80. The zero-order chi connectivity index (χ0) is 10.1. The Balaban J connectivity index is 2.47. The molecule has 2 rings (SSSR count). The molecule has 0 aliphatic carbocycles. The van der Waals surface area contributed by atoms with Crippen molar-refractivity contribution in [1.29, 1.82) is 0 Å². The fourth-order valence-corrected chi connectivity index (χ4v) is 1.66. The number of aliphatic hydroxyl groups excluding tert-OH is 1. The molecule has 0 aliphatic rings. The summed E-state index contributed by atoms with van der Waals surface area (Å²) in [7, 11) is 0. The summed E-state index contributed by atoms with van der Waals surface area (Å²) in [6, 6.07) is 5.20. The number of H-pyrrole nitrogens is 1. The Morgan fingerprint density at radius 3 is 2.93 bits per heavy atom. The minimum Gasteiger partial charge on any atom is -0.508 e. The van der Waals surface area contributed by atoms with Crippen LogP contribution in [0, 0.1) is 0 Å². The molecule has 0 spiro atoms. The first-order valence-corrected chi connectivity index (χ1v) is 4.64. The van der Waals surface area contributed by atoms with Crippen LogP contribution < -0.4 is 0 Å². The van der Waals surface area contributed by atoms with E-state index in [1.54, 1.807) is 19.1 Å². The van der Waals surface area contributed by atoms with Gasteiger partial charge in [-0.15, -0.1) is 0 Å². The minimum absolute atomic E-state index is 0.253. The van der Waals surface area contributed by atoms with Crippen LogP contribution in [0.3, 0.4) is 0 Å². The van der Waals surface area contributed by atoms with E-state index in [1.165, 1.54) is 0 Å². The van der Waals surface area contributed by atoms with E-state index >= 15 is 0 Å². The molecule has 3 heteroatoms. The van der Waals surface area contributed by atoms with Gasteiger partial charge in [0.2, 0.25) is 0 Å². The molecule has 0 saturated carbocycles. The van der Waals surface area contributed by atoms with Gasteiger partial charge in [-0.1, -0.05) is 0 Å². The van der Waals surface area contributed by atoms with Gasteiger partial charge in [0.25, 0.3) is 0 Å². The lowest BCUT2D eigenvalue weighted by molar-refractivity contribution is 0.196. The minimum atomic E-state index is -0.345. The molecule has 1 heterocycles. The van der Waals surface area contributed by atoms with Gasteiger partial charge in [-0.25, -0.2) is 0 Å². The Kier molecular flexibility index (Phi) is 2.17. The number of phenols is 1.